The first-order valence-corrected chi connectivity index (χ1v) is 21.7. The van der Waals surface area contributed by atoms with E-state index in [0.29, 0.717) is 62.3 Å². The van der Waals surface area contributed by atoms with Gasteiger partial charge in [-0.3, -0.25) is 19.2 Å². The van der Waals surface area contributed by atoms with Gasteiger partial charge in [0, 0.05) is 83.0 Å². The molecule has 2 heterocycles. The highest BCUT2D eigenvalue weighted by molar-refractivity contribution is 7.94. The largest absolute Gasteiger partial charge is 0.691 e. The third kappa shape index (κ3) is 12.2. The molecule has 4 rings (SSSR count). The molecule has 2 aromatic carbocycles. The Hall–Kier alpha value is -3.56. The summed E-state index contributed by atoms with van der Waals surface area (Å²) in [5.74, 6) is -1.21. The molecule has 57 heavy (non-hydrogen) atoms. The van der Waals surface area contributed by atoms with Gasteiger partial charge in [-0.25, -0.2) is 5.26 Å². The lowest BCUT2D eigenvalue weighted by molar-refractivity contribution is -0.777. The fraction of sp³-hybridized carbons (Fsp3) is 0.462. The number of carboxylic acids is 2. The molecule has 0 bridgehead atoms. The van der Waals surface area contributed by atoms with Crippen LogP contribution >= 0.6 is 24.1 Å². The first-order chi connectivity index (χ1) is 27.1. The monoisotopic (exact) mass is 850 g/mol. The third-order valence-corrected chi connectivity index (χ3v) is 12.3. The zero-order chi connectivity index (χ0) is 41.6. The van der Waals surface area contributed by atoms with Crippen LogP contribution in [0.1, 0.15) is 96.1 Å². The third-order valence-electron chi connectivity index (χ3n) is 10.3. The number of aliphatic carboxylic acids is 2. The van der Waals surface area contributed by atoms with Gasteiger partial charge in [-0.2, -0.15) is 17.3 Å². The van der Waals surface area contributed by atoms with E-state index in [1.54, 1.807) is 6.07 Å². The van der Waals surface area contributed by atoms with Gasteiger partial charge in [0.1, 0.15) is 6.54 Å². The van der Waals surface area contributed by atoms with Gasteiger partial charge in [0.2, 0.25) is 5.69 Å². The summed E-state index contributed by atoms with van der Waals surface area (Å²) < 4.78 is 45.8. The van der Waals surface area contributed by atoms with Gasteiger partial charge in [-0.05, 0) is 94.8 Å². The van der Waals surface area contributed by atoms with E-state index in [2.05, 4.69) is 42.1 Å². The second-order valence-corrected chi connectivity index (χ2v) is 17.4. The first-order valence-electron chi connectivity index (χ1n) is 18.6. The molecule has 1 atom stereocenters. The van der Waals surface area contributed by atoms with E-state index in [4.69, 9.17) is 15.5 Å². The van der Waals surface area contributed by atoms with Crippen LogP contribution in [0.15, 0.2) is 82.3 Å². The molecule has 0 saturated heterocycles. The van der Waals surface area contributed by atoms with Crippen molar-refractivity contribution in [2.45, 2.75) is 106 Å². The predicted molar refractivity (Wildman–Crippen MR) is 213 cm³/mol. The summed E-state index contributed by atoms with van der Waals surface area (Å²) in [4.78, 5) is 24.8. The standard InChI is InChI=1S/C39H50N2O13S3/c1-38(2)30-26-28(56-54-52-47)18-20-32(30)40(23-12-6-10-17-37(44)45)34(38)14-7-4-8-15-35-39(3,22-11-5-9-16-36(42)43)31-27-29(57(48,49)50)19-21-33(31)41(35)24-13-25-55-53-51-46/h4,7-8,14-15,18-21,26-27H,5-6,9-13,16-17,22-25H2,1-3H3,(H4-,42,43,44,45,46,47,48,49,50). The van der Waals surface area contributed by atoms with Gasteiger partial charge in [0.05, 0.1) is 22.4 Å². The van der Waals surface area contributed by atoms with E-state index < -0.39 is 32.9 Å². The van der Waals surface area contributed by atoms with E-state index >= 15 is 0 Å². The average molecular weight is 851 g/mol. The minimum atomic E-state index is -4.50. The van der Waals surface area contributed by atoms with Crippen molar-refractivity contribution in [2.75, 3.05) is 23.7 Å². The van der Waals surface area contributed by atoms with Gasteiger partial charge in [0.25, 0.3) is 10.1 Å². The highest BCUT2D eigenvalue weighted by Gasteiger charge is 2.45. The molecule has 0 aliphatic carbocycles. The Kier molecular flexibility index (Phi) is 17.4. The molecule has 2 aromatic rings. The van der Waals surface area contributed by atoms with Crippen molar-refractivity contribution < 1.29 is 66.6 Å². The van der Waals surface area contributed by atoms with Crippen molar-refractivity contribution in [3.63, 3.8) is 0 Å². The molecule has 0 aromatic heterocycles. The zero-order valence-corrected chi connectivity index (χ0v) is 34.6. The van der Waals surface area contributed by atoms with Gasteiger partial charge in [-0.1, -0.05) is 36.1 Å². The maximum atomic E-state index is 12.3. The molecule has 0 fully saturated rings. The van der Waals surface area contributed by atoms with E-state index in [9.17, 15) is 27.8 Å². The molecule has 18 heteroatoms. The number of carbonyl (C=O) groups is 2. The summed E-state index contributed by atoms with van der Waals surface area (Å²) in [6.07, 6.45) is 15.0. The first kappa shape index (κ1) is 46.1. The van der Waals surface area contributed by atoms with Crippen molar-refractivity contribution >= 4 is 63.2 Å². The Morgan fingerprint density at radius 1 is 0.895 bits per heavy atom. The number of hydrogen-bond acceptors (Lipinski definition) is 13. The van der Waals surface area contributed by atoms with Gasteiger partial charge in [0.15, 0.2) is 5.71 Å². The SMILES string of the molecule is CC1(C)C(/C=C/C=C/C=C2\N(CCCSOOO)c3ccc(S(=O)(=O)O)cc3C2(C)CCCCCC(=O)O)=[N+](CCCCCC(=O)O)c2ccc(SOO[O-])cc21. The number of anilines is 1. The van der Waals surface area contributed by atoms with Crippen molar-refractivity contribution in [2.24, 2.45) is 0 Å². The molecular formula is C39H50N2O13S3. The molecular weight excluding hydrogens is 801 g/mol. The Bertz CT molecular complexity index is 1960. The van der Waals surface area contributed by atoms with Gasteiger partial charge >= 0.3 is 11.9 Å². The van der Waals surface area contributed by atoms with Crippen molar-refractivity contribution in [3.8, 4) is 0 Å². The van der Waals surface area contributed by atoms with Crippen molar-refractivity contribution in [3.05, 3.63) is 83.6 Å². The summed E-state index contributed by atoms with van der Waals surface area (Å²) in [6, 6.07) is 10.3. The van der Waals surface area contributed by atoms with Crippen LogP contribution in [0, 0.1) is 0 Å². The molecule has 2 aliphatic heterocycles. The molecule has 15 nitrogen and oxygen atoms in total. The number of benzene rings is 2. The number of hydrogen-bond donors (Lipinski definition) is 4. The predicted octanol–water partition coefficient (Wildman–Crippen LogP) is 7.45. The average Bonchev–Trinajstić information content (AvgIpc) is 3.51. The topological polar surface area (TPSA) is 215 Å². The maximum Gasteiger partial charge on any atom is 0.303 e. The Morgan fingerprint density at radius 2 is 1.61 bits per heavy atom. The van der Waals surface area contributed by atoms with E-state index in [1.165, 1.54) is 12.1 Å². The number of nitrogens with zero attached hydrogens (tertiary/aromatic N) is 2. The molecule has 2 aliphatic rings. The normalized spacial score (nSPS) is 18.4. The Labute approximate surface area is 341 Å². The number of fused-ring (bicyclic) bond motifs is 2. The lowest BCUT2D eigenvalue weighted by Gasteiger charge is -2.30. The lowest BCUT2D eigenvalue weighted by atomic mass is 9.77. The van der Waals surface area contributed by atoms with Crippen LogP contribution in [0.4, 0.5) is 11.4 Å². The highest BCUT2D eigenvalue weighted by Crippen LogP contribution is 2.51. The molecule has 0 spiro atoms. The van der Waals surface area contributed by atoms with E-state index in [-0.39, 0.29) is 17.7 Å². The van der Waals surface area contributed by atoms with Crippen molar-refractivity contribution in [1.82, 2.24) is 0 Å². The van der Waals surface area contributed by atoms with Crippen LogP contribution in [0.5, 0.6) is 0 Å². The maximum absolute atomic E-state index is 12.3. The van der Waals surface area contributed by atoms with Crippen LogP contribution in [-0.4, -0.2) is 69.5 Å². The minimum Gasteiger partial charge on any atom is -0.691 e. The van der Waals surface area contributed by atoms with Crippen LogP contribution in [0.25, 0.3) is 0 Å². The number of carboxylic acid groups (broad SMARTS) is 2. The summed E-state index contributed by atoms with van der Waals surface area (Å²) in [5, 5.41) is 44.6. The summed E-state index contributed by atoms with van der Waals surface area (Å²) in [6.45, 7) is 7.39. The number of unbranched alkanes of at least 4 members (excludes halogenated alkanes) is 4. The van der Waals surface area contributed by atoms with Gasteiger partial charge < -0.3 is 20.4 Å². The van der Waals surface area contributed by atoms with Gasteiger partial charge in [-0.15, -0.1) is 4.33 Å². The van der Waals surface area contributed by atoms with Crippen LogP contribution < -0.4 is 10.2 Å². The number of rotatable bonds is 25. The Morgan fingerprint density at radius 3 is 2.28 bits per heavy atom. The fourth-order valence-electron chi connectivity index (χ4n) is 7.55. The van der Waals surface area contributed by atoms with Crippen molar-refractivity contribution in [1.29, 1.82) is 0 Å². The molecule has 0 amide bonds. The van der Waals surface area contributed by atoms with Crippen LogP contribution in [0.3, 0.4) is 0 Å². The molecule has 0 radical (unpaired) electrons. The highest BCUT2D eigenvalue weighted by atomic mass is 32.2. The lowest BCUT2D eigenvalue weighted by Crippen LogP contribution is -2.29. The fourth-order valence-corrected chi connectivity index (χ4v) is 8.81. The molecule has 0 saturated carbocycles. The van der Waals surface area contributed by atoms with E-state index in [0.717, 1.165) is 70.8 Å². The summed E-state index contributed by atoms with van der Waals surface area (Å²) in [5.41, 5.74) is 4.26. The zero-order valence-electron chi connectivity index (χ0n) is 32.1. The minimum absolute atomic E-state index is 0.0510. The molecule has 312 valence electrons. The smallest absolute Gasteiger partial charge is 0.303 e. The number of allylic oxidation sites excluding steroid dienone is 6. The Balaban J connectivity index is 1.70. The quantitative estimate of drug-likeness (QED) is 0.0145. The van der Waals surface area contributed by atoms with E-state index in [1.807, 2.05) is 55.5 Å². The van der Waals surface area contributed by atoms with Crippen LogP contribution in [0.2, 0.25) is 0 Å². The second-order valence-electron chi connectivity index (χ2n) is 14.5. The summed E-state index contributed by atoms with van der Waals surface area (Å²) >= 11 is 1.75. The molecule has 4 N–H and O–H groups in total. The summed E-state index contributed by atoms with van der Waals surface area (Å²) in [7, 11) is -4.50. The molecule has 1 unspecified atom stereocenters. The second kappa shape index (κ2) is 21.4. The van der Waals surface area contributed by atoms with Crippen LogP contribution in [-0.2, 0) is 49.3 Å².